The summed E-state index contributed by atoms with van der Waals surface area (Å²) in [5.74, 6) is -0.158. The van der Waals surface area contributed by atoms with E-state index < -0.39 is 0 Å². The van der Waals surface area contributed by atoms with Gasteiger partial charge >= 0.3 is 0 Å². The molecule has 26 heavy (non-hydrogen) atoms. The SMILES string of the molecule is O=C(CSc1ccccc1Cl)N1CCN(C(=O)c2ccc(F)cc2)CC1. The van der Waals surface area contributed by atoms with Crippen LogP contribution < -0.4 is 0 Å². The van der Waals surface area contributed by atoms with E-state index in [9.17, 15) is 14.0 Å². The monoisotopic (exact) mass is 392 g/mol. The molecule has 4 nitrogen and oxygen atoms in total. The Kier molecular flexibility index (Phi) is 6.16. The molecular formula is C19H18ClFN2O2S. The molecule has 1 saturated heterocycles. The second kappa shape index (κ2) is 8.56. The molecule has 0 saturated carbocycles. The van der Waals surface area contributed by atoms with E-state index >= 15 is 0 Å². The first kappa shape index (κ1) is 18.7. The van der Waals surface area contributed by atoms with Crippen molar-refractivity contribution >= 4 is 35.2 Å². The third-order valence-corrected chi connectivity index (χ3v) is 5.70. The number of hydrogen-bond donors (Lipinski definition) is 0. The van der Waals surface area contributed by atoms with Gasteiger partial charge in [-0.1, -0.05) is 23.7 Å². The second-order valence-electron chi connectivity index (χ2n) is 5.90. The van der Waals surface area contributed by atoms with Crippen molar-refractivity contribution in [1.29, 1.82) is 0 Å². The molecule has 0 bridgehead atoms. The minimum atomic E-state index is -0.368. The summed E-state index contributed by atoms with van der Waals surface area (Å²) in [5.41, 5.74) is 0.459. The maximum atomic E-state index is 13.0. The molecule has 0 aliphatic carbocycles. The van der Waals surface area contributed by atoms with Crippen LogP contribution in [-0.2, 0) is 4.79 Å². The van der Waals surface area contributed by atoms with Gasteiger partial charge in [0.05, 0.1) is 10.8 Å². The average molecular weight is 393 g/mol. The number of rotatable bonds is 4. The molecule has 1 aliphatic heterocycles. The van der Waals surface area contributed by atoms with Gasteiger partial charge in [-0.2, -0.15) is 0 Å². The van der Waals surface area contributed by atoms with Crippen LogP contribution in [0.15, 0.2) is 53.4 Å². The number of amides is 2. The van der Waals surface area contributed by atoms with E-state index in [1.54, 1.807) is 15.9 Å². The first-order valence-corrected chi connectivity index (χ1v) is 9.61. The van der Waals surface area contributed by atoms with Crippen LogP contribution in [0, 0.1) is 5.82 Å². The molecule has 0 spiro atoms. The van der Waals surface area contributed by atoms with E-state index in [1.807, 2.05) is 18.2 Å². The molecule has 3 rings (SSSR count). The Bertz CT molecular complexity index is 792. The van der Waals surface area contributed by atoms with Gasteiger partial charge in [0.1, 0.15) is 5.82 Å². The Labute approximate surface area is 160 Å². The van der Waals surface area contributed by atoms with Crippen molar-refractivity contribution in [3.63, 3.8) is 0 Å². The lowest BCUT2D eigenvalue weighted by molar-refractivity contribution is -0.129. The number of carbonyl (C=O) groups excluding carboxylic acids is 2. The smallest absolute Gasteiger partial charge is 0.253 e. The van der Waals surface area contributed by atoms with Gasteiger partial charge in [0.15, 0.2) is 0 Å². The van der Waals surface area contributed by atoms with Crippen LogP contribution in [0.2, 0.25) is 5.02 Å². The molecule has 2 amide bonds. The third kappa shape index (κ3) is 4.56. The van der Waals surface area contributed by atoms with Crippen LogP contribution in [0.5, 0.6) is 0 Å². The highest BCUT2D eigenvalue weighted by molar-refractivity contribution is 8.00. The van der Waals surface area contributed by atoms with Crippen molar-refractivity contribution in [3.8, 4) is 0 Å². The van der Waals surface area contributed by atoms with Crippen molar-refractivity contribution in [2.24, 2.45) is 0 Å². The lowest BCUT2D eigenvalue weighted by Gasteiger charge is -2.34. The molecule has 0 aromatic heterocycles. The summed E-state index contributed by atoms with van der Waals surface area (Å²) in [6.07, 6.45) is 0. The zero-order valence-corrected chi connectivity index (χ0v) is 15.6. The lowest BCUT2D eigenvalue weighted by atomic mass is 10.2. The van der Waals surface area contributed by atoms with Gasteiger partial charge in [0.2, 0.25) is 5.91 Å². The number of nitrogens with zero attached hydrogens (tertiary/aromatic N) is 2. The molecule has 1 aliphatic rings. The standard InChI is InChI=1S/C19H18ClFN2O2S/c20-16-3-1-2-4-17(16)26-13-18(24)22-9-11-23(12-10-22)19(25)14-5-7-15(21)8-6-14/h1-8H,9-13H2. The van der Waals surface area contributed by atoms with Gasteiger partial charge in [0.25, 0.3) is 5.91 Å². The predicted molar refractivity (Wildman–Crippen MR) is 101 cm³/mol. The Morgan fingerprint density at radius 1 is 0.962 bits per heavy atom. The van der Waals surface area contributed by atoms with E-state index in [4.69, 9.17) is 11.6 Å². The minimum absolute atomic E-state index is 0.0313. The van der Waals surface area contributed by atoms with Crippen LogP contribution in [0.25, 0.3) is 0 Å². The van der Waals surface area contributed by atoms with E-state index in [1.165, 1.54) is 36.0 Å². The summed E-state index contributed by atoms with van der Waals surface area (Å²) in [4.78, 5) is 29.1. The Morgan fingerprint density at radius 2 is 1.58 bits per heavy atom. The second-order valence-corrected chi connectivity index (χ2v) is 7.32. The van der Waals surface area contributed by atoms with Crippen LogP contribution in [-0.4, -0.2) is 53.5 Å². The predicted octanol–water partition coefficient (Wildman–Crippen LogP) is 3.56. The van der Waals surface area contributed by atoms with Crippen LogP contribution in [0.1, 0.15) is 10.4 Å². The molecule has 0 radical (unpaired) electrons. The van der Waals surface area contributed by atoms with Gasteiger partial charge < -0.3 is 9.80 Å². The maximum Gasteiger partial charge on any atom is 0.253 e. The summed E-state index contributed by atoms with van der Waals surface area (Å²) in [5, 5.41) is 0.639. The maximum absolute atomic E-state index is 13.0. The number of benzene rings is 2. The van der Waals surface area contributed by atoms with Crippen molar-refractivity contribution in [2.45, 2.75) is 4.90 Å². The fraction of sp³-hybridized carbons (Fsp3) is 0.263. The Hall–Kier alpha value is -2.05. The molecule has 0 unspecified atom stereocenters. The van der Waals surface area contributed by atoms with Crippen molar-refractivity contribution < 1.29 is 14.0 Å². The quantitative estimate of drug-likeness (QED) is 0.747. The Morgan fingerprint density at radius 3 is 2.23 bits per heavy atom. The normalized spacial score (nSPS) is 14.4. The number of thioether (sulfide) groups is 1. The van der Waals surface area contributed by atoms with Crippen molar-refractivity contribution in [3.05, 3.63) is 64.9 Å². The van der Waals surface area contributed by atoms with Crippen molar-refractivity contribution in [1.82, 2.24) is 9.80 Å². The number of carbonyl (C=O) groups is 2. The number of piperazine rings is 1. The molecule has 136 valence electrons. The van der Waals surface area contributed by atoms with E-state index in [0.29, 0.717) is 42.5 Å². The number of hydrogen-bond acceptors (Lipinski definition) is 3. The van der Waals surface area contributed by atoms with Crippen molar-refractivity contribution in [2.75, 3.05) is 31.9 Å². The summed E-state index contributed by atoms with van der Waals surface area (Å²) in [7, 11) is 0. The zero-order chi connectivity index (χ0) is 18.5. The summed E-state index contributed by atoms with van der Waals surface area (Å²) in [6.45, 7) is 1.93. The highest BCUT2D eigenvalue weighted by atomic mass is 35.5. The summed E-state index contributed by atoms with van der Waals surface area (Å²) >= 11 is 7.52. The molecule has 1 heterocycles. The molecular weight excluding hydrogens is 375 g/mol. The van der Waals surface area contributed by atoms with Gasteiger partial charge in [-0.25, -0.2) is 4.39 Å². The van der Waals surface area contributed by atoms with Crippen LogP contribution >= 0.6 is 23.4 Å². The molecule has 2 aromatic rings. The fourth-order valence-electron chi connectivity index (χ4n) is 2.73. The van der Waals surface area contributed by atoms with Crippen LogP contribution in [0.3, 0.4) is 0 Å². The average Bonchev–Trinajstić information content (AvgIpc) is 2.67. The van der Waals surface area contributed by atoms with Gasteiger partial charge in [0, 0.05) is 36.6 Å². The molecule has 0 atom stereocenters. The summed E-state index contributed by atoms with van der Waals surface area (Å²) < 4.78 is 13.0. The lowest BCUT2D eigenvalue weighted by Crippen LogP contribution is -2.51. The van der Waals surface area contributed by atoms with E-state index in [0.717, 1.165) is 4.90 Å². The first-order chi connectivity index (χ1) is 12.5. The third-order valence-electron chi connectivity index (χ3n) is 4.20. The summed E-state index contributed by atoms with van der Waals surface area (Å²) in [6, 6.07) is 12.9. The molecule has 1 fully saturated rings. The van der Waals surface area contributed by atoms with Gasteiger partial charge in [-0.05, 0) is 36.4 Å². The van der Waals surface area contributed by atoms with Gasteiger partial charge in [-0.3, -0.25) is 9.59 Å². The molecule has 2 aromatic carbocycles. The van der Waals surface area contributed by atoms with E-state index in [2.05, 4.69) is 0 Å². The minimum Gasteiger partial charge on any atom is -0.338 e. The highest BCUT2D eigenvalue weighted by Crippen LogP contribution is 2.26. The first-order valence-electron chi connectivity index (χ1n) is 8.24. The highest BCUT2D eigenvalue weighted by Gasteiger charge is 2.24. The topological polar surface area (TPSA) is 40.6 Å². The Balaban J connectivity index is 1.50. The number of halogens is 2. The zero-order valence-electron chi connectivity index (χ0n) is 14.0. The van der Waals surface area contributed by atoms with E-state index in [-0.39, 0.29) is 17.6 Å². The largest absolute Gasteiger partial charge is 0.338 e. The fourth-order valence-corrected chi connectivity index (χ4v) is 3.87. The van der Waals surface area contributed by atoms with Crippen LogP contribution in [0.4, 0.5) is 4.39 Å². The molecule has 0 N–H and O–H groups in total. The molecule has 7 heteroatoms. The van der Waals surface area contributed by atoms with Gasteiger partial charge in [-0.15, -0.1) is 11.8 Å².